The molecule has 1 fully saturated rings. The molecule has 3 heterocycles. The molecule has 0 aliphatic carbocycles. The molecule has 4 aromatic rings. The minimum atomic E-state index is -4.46. The van der Waals surface area contributed by atoms with Crippen LogP contribution in [0, 0.1) is 13.8 Å². The molecule has 5 rings (SSSR count). The predicted molar refractivity (Wildman–Crippen MR) is 160 cm³/mol. The van der Waals surface area contributed by atoms with E-state index < -0.39 is 17.8 Å². The number of ether oxygens (including phenoxy) is 1. The van der Waals surface area contributed by atoms with Crippen molar-refractivity contribution in [2.24, 2.45) is 0 Å². The van der Waals surface area contributed by atoms with E-state index in [-0.39, 0.29) is 11.9 Å². The molecule has 2 atom stereocenters. The molecule has 0 saturated carbocycles. The lowest BCUT2D eigenvalue weighted by Crippen LogP contribution is -2.29. The van der Waals surface area contributed by atoms with Crippen molar-refractivity contribution in [3.63, 3.8) is 0 Å². The topological polar surface area (TPSA) is 71.4 Å². The number of methoxy groups -OCH3 is 1. The number of anilines is 2. The van der Waals surface area contributed by atoms with Gasteiger partial charge in [-0.1, -0.05) is 19.1 Å². The standard InChI is InChI=1S/C31H30F3N5O2S/c1-5-27(40)36-24-13-12-22(17-26(24)41-4)39-29(28(37-30(39)42)25-11-6-7-14-35-25)23-15-18(2)38(19(23)3)21-10-8-9-20(16-21)31(32,33)34/h6-17,28-29H,5H2,1-4H3,(H,36,40)(H,37,42)/t28-,29+/m0/s1. The van der Waals surface area contributed by atoms with Crippen molar-refractivity contribution in [3.05, 3.63) is 101 Å². The molecule has 2 aromatic heterocycles. The van der Waals surface area contributed by atoms with Gasteiger partial charge in [0.2, 0.25) is 5.91 Å². The van der Waals surface area contributed by atoms with Crippen molar-refractivity contribution >= 4 is 34.6 Å². The summed E-state index contributed by atoms with van der Waals surface area (Å²) in [7, 11) is 1.53. The van der Waals surface area contributed by atoms with Crippen LogP contribution < -0.4 is 20.3 Å². The van der Waals surface area contributed by atoms with Gasteiger partial charge in [-0.3, -0.25) is 9.78 Å². The molecule has 0 unspecified atom stereocenters. The van der Waals surface area contributed by atoms with E-state index in [1.54, 1.807) is 31.3 Å². The number of rotatable bonds is 7. The van der Waals surface area contributed by atoms with Crippen molar-refractivity contribution in [1.29, 1.82) is 0 Å². The van der Waals surface area contributed by atoms with Crippen LogP contribution in [0.3, 0.4) is 0 Å². The van der Waals surface area contributed by atoms with E-state index in [4.69, 9.17) is 17.0 Å². The summed E-state index contributed by atoms with van der Waals surface area (Å²) in [6, 6.07) is 17.6. The Labute approximate surface area is 247 Å². The van der Waals surface area contributed by atoms with Gasteiger partial charge < -0.3 is 24.8 Å². The fourth-order valence-electron chi connectivity index (χ4n) is 5.43. The van der Waals surface area contributed by atoms with E-state index in [1.807, 2.05) is 53.6 Å². The lowest BCUT2D eigenvalue weighted by Gasteiger charge is -2.29. The van der Waals surface area contributed by atoms with Crippen LogP contribution >= 0.6 is 12.2 Å². The molecule has 1 amide bonds. The van der Waals surface area contributed by atoms with Crippen molar-refractivity contribution in [2.75, 3.05) is 17.3 Å². The van der Waals surface area contributed by atoms with E-state index in [1.165, 1.54) is 13.2 Å². The van der Waals surface area contributed by atoms with Crippen LogP contribution in [0.25, 0.3) is 5.69 Å². The summed E-state index contributed by atoms with van der Waals surface area (Å²) in [5.74, 6) is 0.320. The van der Waals surface area contributed by atoms with Crippen LogP contribution in [0.4, 0.5) is 24.5 Å². The summed E-state index contributed by atoms with van der Waals surface area (Å²) in [6.45, 7) is 5.52. The molecule has 1 aliphatic heterocycles. The van der Waals surface area contributed by atoms with Gasteiger partial charge >= 0.3 is 6.18 Å². The Balaban J connectivity index is 1.65. The highest BCUT2D eigenvalue weighted by molar-refractivity contribution is 7.80. The first-order valence-corrected chi connectivity index (χ1v) is 13.8. The Morgan fingerprint density at radius 2 is 1.86 bits per heavy atom. The average molecular weight is 594 g/mol. The largest absolute Gasteiger partial charge is 0.494 e. The van der Waals surface area contributed by atoms with Crippen LogP contribution in [0.5, 0.6) is 5.75 Å². The first-order chi connectivity index (χ1) is 20.0. The molecular formula is C31H30F3N5O2S. The maximum atomic E-state index is 13.6. The van der Waals surface area contributed by atoms with Crippen LogP contribution in [-0.4, -0.2) is 27.7 Å². The average Bonchev–Trinajstić information content (AvgIpc) is 3.47. The molecule has 218 valence electrons. The summed E-state index contributed by atoms with van der Waals surface area (Å²) in [5.41, 5.74) is 4.12. The number of carbonyl (C=O) groups is 1. The number of alkyl halides is 3. The third-order valence-electron chi connectivity index (χ3n) is 7.38. The highest BCUT2D eigenvalue weighted by atomic mass is 32.1. The lowest BCUT2D eigenvalue weighted by molar-refractivity contribution is -0.137. The zero-order chi connectivity index (χ0) is 30.2. The fraction of sp³-hybridized carbons (Fsp3) is 0.258. The number of carbonyl (C=O) groups excluding carboxylic acids is 1. The molecule has 0 spiro atoms. The van der Waals surface area contributed by atoms with Crippen molar-refractivity contribution in [3.8, 4) is 11.4 Å². The minimum absolute atomic E-state index is 0.144. The molecule has 42 heavy (non-hydrogen) atoms. The van der Waals surface area contributed by atoms with E-state index in [2.05, 4.69) is 15.6 Å². The van der Waals surface area contributed by atoms with Gasteiger partial charge in [0.15, 0.2) is 5.11 Å². The van der Waals surface area contributed by atoms with Gasteiger partial charge in [0, 0.05) is 41.4 Å². The number of amides is 1. The molecule has 0 radical (unpaired) electrons. The van der Waals surface area contributed by atoms with Gasteiger partial charge in [-0.15, -0.1) is 0 Å². The van der Waals surface area contributed by atoms with Crippen LogP contribution in [0.15, 0.2) is 72.9 Å². The number of aryl methyl sites for hydroxylation is 1. The number of nitrogens with one attached hydrogen (secondary N) is 2. The summed E-state index contributed by atoms with van der Waals surface area (Å²) in [4.78, 5) is 18.6. The molecule has 1 saturated heterocycles. The molecule has 2 aromatic carbocycles. The Morgan fingerprint density at radius 3 is 2.52 bits per heavy atom. The number of nitrogens with zero attached hydrogens (tertiary/aromatic N) is 3. The smallest absolute Gasteiger partial charge is 0.416 e. The molecule has 2 N–H and O–H groups in total. The molecule has 1 aliphatic rings. The van der Waals surface area contributed by atoms with Crippen molar-refractivity contribution < 1.29 is 22.7 Å². The van der Waals surface area contributed by atoms with Crippen LogP contribution in [0.2, 0.25) is 0 Å². The molecule has 11 heteroatoms. The highest BCUT2D eigenvalue weighted by Crippen LogP contribution is 2.45. The fourth-order valence-corrected chi connectivity index (χ4v) is 5.77. The summed E-state index contributed by atoms with van der Waals surface area (Å²) in [6.07, 6.45) is -2.43. The van der Waals surface area contributed by atoms with E-state index in [9.17, 15) is 18.0 Å². The van der Waals surface area contributed by atoms with Gasteiger partial charge in [-0.25, -0.2) is 0 Å². The lowest BCUT2D eigenvalue weighted by atomic mass is 9.96. The quantitative estimate of drug-likeness (QED) is 0.224. The van der Waals surface area contributed by atoms with Gasteiger partial charge in [0.25, 0.3) is 0 Å². The maximum Gasteiger partial charge on any atom is 0.416 e. The maximum absolute atomic E-state index is 13.6. The Hall–Kier alpha value is -4.38. The number of pyridine rings is 1. The number of halogens is 3. The first kappa shape index (κ1) is 29.1. The number of hydrogen-bond acceptors (Lipinski definition) is 4. The first-order valence-electron chi connectivity index (χ1n) is 13.4. The molecular weight excluding hydrogens is 563 g/mol. The van der Waals surface area contributed by atoms with Crippen molar-refractivity contribution in [2.45, 2.75) is 45.5 Å². The Kier molecular flexibility index (Phi) is 7.96. The number of hydrogen-bond donors (Lipinski definition) is 2. The SMILES string of the molecule is CCC(=O)Nc1ccc(N2C(=S)N[C@@H](c3ccccn3)[C@H]2c2cc(C)n(-c3cccc(C(F)(F)F)c3)c2C)cc1OC. The van der Waals surface area contributed by atoms with E-state index in [0.29, 0.717) is 34.3 Å². The van der Waals surface area contributed by atoms with Gasteiger partial charge in [0.1, 0.15) is 5.75 Å². The Morgan fingerprint density at radius 1 is 1.07 bits per heavy atom. The third-order valence-corrected chi connectivity index (χ3v) is 7.69. The normalized spacial score (nSPS) is 16.8. The van der Waals surface area contributed by atoms with Gasteiger partial charge in [-0.2, -0.15) is 13.2 Å². The number of benzene rings is 2. The highest BCUT2D eigenvalue weighted by Gasteiger charge is 2.42. The zero-order valence-corrected chi connectivity index (χ0v) is 24.3. The van der Waals surface area contributed by atoms with Gasteiger partial charge in [-0.05, 0) is 80.2 Å². The second kappa shape index (κ2) is 11.5. The summed E-state index contributed by atoms with van der Waals surface area (Å²) in [5, 5.41) is 6.71. The Bertz CT molecular complexity index is 1640. The van der Waals surface area contributed by atoms with Gasteiger partial charge in [0.05, 0.1) is 36.1 Å². The van der Waals surface area contributed by atoms with Crippen molar-refractivity contribution in [1.82, 2.24) is 14.9 Å². The minimum Gasteiger partial charge on any atom is -0.494 e. The third kappa shape index (κ3) is 5.44. The zero-order valence-electron chi connectivity index (χ0n) is 23.5. The van der Waals surface area contributed by atoms with Crippen LogP contribution in [-0.2, 0) is 11.0 Å². The summed E-state index contributed by atoms with van der Waals surface area (Å²) < 4.78 is 48.1. The van der Waals surface area contributed by atoms with E-state index in [0.717, 1.165) is 34.8 Å². The second-order valence-electron chi connectivity index (χ2n) is 9.99. The second-order valence-corrected chi connectivity index (χ2v) is 10.4. The monoisotopic (exact) mass is 593 g/mol. The van der Waals surface area contributed by atoms with E-state index >= 15 is 0 Å². The molecule has 7 nitrogen and oxygen atoms in total. The van der Waals surface area contributed by atoms with Crippen LogP contribution in [0.1, 0.15) is 53.6 Å². The molecule has 0 bridgehead atoms. The predicted octanol–water partition coefficient (Wildman–Crippen LogP) is 7.04. The number of thiocarbonyl (C=S) groups is 1. The summed E-state index contributed by atoms with van der Waals surface area (Å²) >= 11 is 5.86. The number of aromatic nitrogens is 2.